The molecule has 0 radical (unpaired) electrons. The van der Waals surface area contributed by atoms with Crippen LogP contribution in [-0.4, -0.2) is 10.7 Å². The molecular weight excluding hydrogens is 223 g/mol. The lowest BCUT2D eigenvalue weighted by atomic mass is 10.2. The van der Waals surface area contributed by atoms with Gasteiger partial charge in [-0.25, -0.2) is 0 Å². The van der Waals surface area contributed by atoms with Crippen molar-refractivity contribution in [3.05, 3.63) is 35.7 Å². The predicted octanol–water partition coefficient (Wildman–Crippen LogP) is 3.43. The SMILES string of the molecule is FC(F)(F)c1ccc(C=CCCS)cn1. The fraction of sp³-hybridized carbons (Fsp3) is 0.300. The van der Waals surface area contributed by atoms with Crippen LogP contribution in [-0.2, 0) is 6.18 Å². The molecule has 0 saturated carbocycles. The molecular formula is C10H10F3NS. The molecule has 0 aliphatic heterocycles. The molecule has 0 aliphatic carbocycles. The topological polar surface area (TPSA) is 12.9 Å². The van der Waals surface area contributed by atoms with Crippen LogP contribution in [0.3, 0.4) is 0 Å². The number of alkyl halides is 3. The zero-order chi connectivity index (χ0) is 11.3. The largest absolute Gasteiger partial charge is 0.433 e. The number of pyridine rings is 1. The van der Waals surface area contributed by atoms with E-state index in [-0.39, 0.29) is 0 Å². The quantitative estimate of drug-likeness (QED) is 0.789. The standard InChI is InChI=1S/C10H10F3NS/c11-10(12,13)9-5-4-8(7-14-9)3-1-2-6-15/h1,3-5,7,15H,2,6H2. The molecule has 0 unspecified atom stereocenters. The number of nitrogens with zero attached hydrogens (tertiary/aromatic N) is 1. The van der Waals surface area contributed by atoms with Gasteiger partial charge in [0.1, 0.15) is 5.69 Å². The molecule has 82 valence electrons. The van der Waals surface area contributed by atoms with Crippen LogP contribution < -0.4 is 0 Å². The maximum atomic E-state index is 12.1. The molecule has 1 aromatic rings. The summed E-state index contributed by atoms with van der Waals surface area (Å²) in [5.74, 6) is 0.713. The molecule has 0 atom stereocenters. The highest BCUT2D eigenvalue weighted by atomic mass is 32.1. The van der Waals surface area contributed by atoms with Crippen molar-refractivity contribution in [3.63, 3.8) is 0 Å². The number of hydrogen-bond acceptors (Lipinski definition) is 2. The van der Waals surface area contributed by atoms with Crippen molar-refractivity contribution in [2.75, 3.05) is 5.75 Å². The van der Waals surface area contributed by atoms with Crippen LogP contribution in [0.2, 0.25) is 0 Å². The lowest BCUT2D eigenvalue weighted by molar-refractivity contribution is -0.141. The molecule has 1 rings (SSSR count). The maximum Gasteiger partial charge on any atom is 0.433 e. The summed E-state index contributed by atoms with van der Waals surface area (Å²) in [6.45, 7) is 0. The average molecular weight is 233 g/mol. The highest BCUT2D eigenvalue weighted by Gasteiger charge is 2.31. The third kappa shape index (κ3) is 3.95. The Hall–Kier alpha value is -0.970. The minimum absolute atomic E-state index is 0.657. The van der Waals surface area contributed by atoms with Crippen LogP contribution in [0, 0.1) is 0 Å². The van der Waals surface area contributed by atoms with Gasteiger partial charge in [-0.05, 0) is 23.8 Å². The van der Waals surface area contributed by atoms with Crippen molar-refractivity contribution >= 4 is 18.7 Å². The van der Waals surface area contributed by atoms with Crippen LogP contribution in [0.5, 0.6) is 0 Å². The number of halogens is 3. The molecule has 0 N–H and O–H groups in total. The average Bonchev–Trinajstić information content (AvgIpc) is 2.18. The van der Waals surface area contributed by atoms with Gasteiger partial charge in [-0.1, -0.05) is 18.2 Å². The summed E-state index contributed by atoms with van der Waals surface area (Å²) in [5, 5.41) is 0. The molecule has 0 saturated heterocycles. The summed E-state index contributed by atoms with van der Waals surface area (Å²) in [7, 11) is 0. The molecule has 0 bridgehead atoms. The van der Waals surface area contributed by atoms with Gasteiger partial charge in [-0.15, -0.1) is 0 Å². The van der Waals surface area contributed by atoms with Gasteiger partial charge in [0.25, 0.3) is 0 Å². The van der Waals surface area contributed by atoms with Crippen LogP contribution in [0.4, 0.5) is 13.2 Å². The van der Waals surface area contributed by atoms with Crippen LogP contribution in [0.1, 0.15) is 17.7 Å². The first kappa shape index (κ1) is 12.1. The Morgan fingerprint density at radius 1 is 1.33 bits per heavy atom. The van der Waals surface area contributed by atoms with E-state index in [0.717, 1.165) is 12.5 Å². The van der Waals surface area contributed by atoms with Gasteiger partial charge in [0.05, 0.1) is 0 Å². The van der Waals surface area contributed by atoms with Crippen LogP contribution in [0.15, 0.2) is 24.4 Å². The zero-order valence-corrected chi connectivity index (χ0v) is 8.72. The lowest BCUT2D eigenvalue weighted by Gasteiger charge is -2.04. The summed E-state index contributed by atoms with van der Waals surface area (Å²) in [6.07, 6.45) is 1.19. The Labute approximate surface area is 91.4 Å². The van der Waals surface area contributed by atoms with Gasteiger partial charge in [0.15, 0.2) is 0 Å². The molecule has 5 heteroatoms. The third-order valence-electron chi connectivity index (χ3n) is 1.68. The highest BCUT2D eigenvalue weighted by molar-refractivity contribution is 7.80. The number of thiol groups is 1. The Morgan fingerprint density at radius 3 is 2.53 bits per heavy atom. The van der Waals surface area contributed by atoms with E-state index in [4.69, 9.17) is 0 Å². The normalized spacial score (nSPS) is 12.3. The Balaban J connectivity index is 2.73. The van der Waals surface area contributed by atoms with Crippen molar-refractivity contribution in [3.8, 4) is 0 Å². The molecule has 1 nitrogen and oxygen atoms in total. The van der Waals surface area contributed by atoms with Gasteiger partial charge < -0.3 is 0 Å². The van der Waals surface area contributed by atoms with Gasteiger partial charge in [-0.2, -0.15) is 25.8 Å². The number of hydrogen-bond donors (Lipinski definition) is 1. The second kappa shape index (κ2) is 5.21. The lowest BCUT2D eigenvalue weighted by Crippen LogP contribution is -2.07. The van der Waals surface area contributed by atoms with Crippen molar-refractivity contribution in [2.45, 2.75) is 12.6 Å². The fourth-order valence-electron chi connectivity index (χ4n) is 0.966. The second-order valence-electron chi connectivity index (χ2n) is 2.89. The Kier molecular flexibility index (Phi) is 4.20. The molecule has 15 heavy (non-hydrogen) atoms. The summed E-state index contributed by atoms with van der Waals surface area (Å²) in [4.78, 5) is 3.33. The number of rotatable bonds is 3. The third-order valence-corrected chi connectivity index (χ3v) is 1.94. The van der Waals surface area contributed by atoms with Crippen LogP contribution in [0.25, 0.3) is 6.08 Å². The molecule has 0 fully saturated rings. The fourth-order valence-corrected chi connectivity index (χ4v) is 1.11. The van der Waals surface area contributed by atoms with Crippen molar-refractivity contribution in [1.29, 1.82) is 0 Å². The van der Waals surface area contributed by atoms with E-state index in [1.807, 2.05) is 6.08 Å². The first-order valence-electron chi connectivity index (χ1n) is 4.34. The van der Waals surface area contributed by atoms with E-state index >= 15 is 0 Å². The van der Waals surface area contributed by atoms with E-state index in [9.17, 15) is 13.2 Å². The van der Waals surface area contributed by atoms with E-state index < -0.39 is 11.9 Å². The van der Waals surface area contributed by atoms with Gasteiger partial charge in [0.2, 0.25) is 0 Å². The predicted molar refractivity (Wildman–Crippen MR) is 56.7 cm³/mol. The smallest absolute Gasteiger partial charge is 0.251 e. The van der Waals surface area contributed by atoms with E-state index in [1.54, 1.807) is 6.08 Å². The summed E-state index contributed by atoms with van der Waals surface area (Å²) in [5.41, 5.74) is -0.210. The maximum absolute atomic E-state index is 12.1. The molecule has 0 aliphatic rings. The number of aromatic nitrogens is 1. The monoisotopic (exact) mass is 233 g/mol. The first-order valence-corrected chi connectivity index (χ1v) is 4.98. The summed E-state index contributed by atoms with van der Waals surface area (Å²) >= 11 is 4.01. The van der Waals surface area contributed by atoms with Crippen LogP contribution >= 0.6 is 12.6 Å². The van der Waals surface area contributed by atoms with E-state index in [0.29, 0.717) is 11.3 Å². The second-order valence-corrected chi connectivity index (χ2v) is 3.34. The minimum Gasteiger partial charge on any atom is -0.251 e. The zero-order valence-electron chi connectivity index (χ0n) is 7.83. The van der Waals surface area contributed by atoms with E-state index in [1.165, 1.54) is 12.3 Å². The highest BCUT2D eigenvalue weighted by Crippen LogP contribution is 2.27. The molecule has 0 spiro atoms. The van der Waals surface area contributed by atoms with E-state index in [2.05, 4.69) is 17.6 Å². The Bertz CT molecular complexity index is 330. The number of allylic oxidation sites excluding steroid dienone is 1. The summed E-state index contributed by atoms with van der Waals surface area (Å²) < 4.78 is 36.4. The van der Waals surface area contributed by atoms with Crippen molar-refractivity contribution in [1.82, 2.24) is 4.98 Å². The Morgan fingerprint density at radius 2 is 2.07 bits per heavy atom. The molecule has 0 amide bonds. The summed E-state index contributed by atoms with van der Waals surface area (Å²) in [6, 6.07) is 2.37. The first-order chi connectivity index (χ1) is 7.04. The minimum atomic E-state index is -4.37. The van der Waals surface area contributed by atoms with Crippen molar-refractivity contribution in [2.24, 2.45) is 0 Å². The van der Waals surface area contributed by atoms with Gasteiger partial charge >= 0.3 is 6.18 Å². The molecule has 1 aromatic heterocycles. The molecule has 0 aromatic carbocycles. The van der Waals surface area contributed by atoms with Crippen molar-refractivity contribution < 1.29 is 13.2 Å². The molecule has 1 heterocycles. The van der Waals surface area contributed by atoms with Gasteiger partial charge in [0, 0.05) is 6.20 Å². The van der Waals surface area contributed by atoms with Gasteiger partial charge in [-0.3, -0.25) is 4.98 Å².